The molecule has 0 aromatic heterocycles. The molecule has 0 saturated heterocycles. The maximum atomic E-state index is 15.3. The average molecular weight is 505 g/mol. The summed E-state index contributed by atoms with van der Waals surface area (Å²) >= 11 is 0. The molecule has 0 heterocycles. The molecule has 204 valence electrons. The number of hydrogen-bond acceptors (Lipinski definition) is 0. The van der Waals surface area contributed by atoms with Crippen LogP contribution in [-0.2, 0) is 0 Å². The molecule has 2 aromatic carbocycles. The Balaban J connectivity index is 1.26. The van der Waals surface area contributed by atoms with Gasteiger partial charge in [0.1, 0.15) is 5.82 Å². The maximum Gasteiger partial charge on any atom is 0.131 e. The van der Waals surface area contributed by atoms with E-state index in [9.17, 15) is 0 Å². The van der Waals surface area contributed by atoms with E-state index in [2.05, 4.69) is 44.2 Å². The van der Waals surface area contributed by atoms with Gasteiger partial charge in [-0.2, -0.15) is 0 Å². The van der Waals surface area contributed by atoms with Gasteiger partial charge in [-0.3, -0.25) is 0 Å². The molecule has 0 bridgehead atoms. The SMILES string of the molecule is CCCCCCCC1CCC(c2ccc(-c3ccc(C4CCC(CCCCC)CC4)cc3)c(F)c2)CC1. The van der Waals surface area contributed by atoms with E-state index < -0.39 is 0 Å². The fraction of sp³-hybridized carbons (Fsp3) is 0.667. The lowest BCUT2D eigenvalue weighted by atomic mass is 9.76. The second kappa shape index (κ2) is 15.1. The number of benzene rings is 2. The van der Waals surface area contributed by atoms with Gasteiger partial charge in [-0.15, -0.1) is 0 Å². The van der Waals surface area contributed by atoms with Crippen molar-refractivity contribution in [2.24, 2.45) is 11.8 Å². The summed E-state index contributed by atoms with van der Waals surface area (Å²) in [4.78, 5) is 0. The number of rotatable bonds is 13. The zero-order valence-electron chi connectivity index (χ0n) is 24.0. The fourth-order valence-electron chi connectivity index (χ4n) is 7.24. The molecule has 2 aliphatic rings. The molecule has 1 heteroatoms. The number of unbranched alkanes of at least 4 members (excludes halogenated alkanes) is 6. The van der Waals surface area contributed by atoms with Crippen molar-refractivity contribution in [3.05, 3.63) is 59.4 Å². The molecule has 0 nitrogen and oxygen atoms in total. The molecule has 2 aliphatic carbocycles. The van der Waals surface area contributed by atoms with Gasteiger partial charge in [0.05, 0.1) is 0 Å². The summed E-state index contributed by atoms with van der Waals surface area (Å²) in [6, 6.07) is 15.0. The Kier molecular flexibility index (Phi) is 11.6. The highest BCUT2D eigenvalue weighted by atomic mass is 19.1. The Bertz CT molecular complexity index is 897. The second-order valence-electron chi connectivity index (χ2n) is 12.5. The van der Waals surface area contributed by atoms with Crippen molar-refractivity contribution < 1.29 is 4.39 Å². The third-order valence-electron chi connectivity index (χ3n) is 9.78. The molecule has 0 N–H and O–H groups in total. The first kappa shape index (κ1) is 28.4. The highest BCUT2D eigenvalue weighted by Gasteiger charge is 2.24. The lowest BCUT2D eigenvalue weighted by molar-refractivity contribution is 0.301. The van der Waals surface area contributed by atoms with Gasteiger partial charge in [0.25, 0.3) is 0 Å². The van der Waals surface area contributed by atoms with Gasteiger partial charge in [-0.25, -0.2) is 4.39 Å². The first-order valence-corrected chi connectivity index (χ1v) is 16.1. The van der Waals surface area contributed by atoms with Crippen LogP contribution in [0.3, 0.4) is 0 Å². The van der Waals surface area contributed by atoms with E-state index >= 15 is 4.39 Å². The van der Waals surface area contributed by atoms with Crippen molar-refractivity contribution in [3.63, 3.8) is 0 Å². The van der Waals surface area contributed by atoms with Crippen LogP contribution in [0.25, 0.3) is 11.1 Å². The Morgan fingerprint density at radius 1 is 0.568 bits per heavy atom. The average Bonchev–Trinajstić information content (AvgIpc) is 2.94. The third-order valence-corrected chi connectivity index (χ3v) is 9.78. The van der Waals surface area contributed by atoms with Crippen molar-refractivity contribution >= 4 is 0 Å². The summed E-state index contributed by atoms with van der Waals surface area (Å²) < 4.78 is 15.3. The van der Waals surface area contributed by atoms with Gasteiger partial charge in [0.2, 0.25) is 0 Å². The molecular weight excluding hydrogens is 451 g/mol. The minimum absolute atomic E-state index is 0.0455. The van der Waals surface area contributed by atoms with Crippen molar-refractivity contribution in [1.82, 2.24) is 0 Å². The lowest BCUT2D eigenvalue weighted by Gasteiger charge is -2.29. The number of hydrogen-bond donors (Lipinski definition) is 0. The molecule has 0 radical (unpaired) electrons. The third kappa shape index (κ3) is 8.43. The fourth-order valence-corrected chi connectivity index (χ4v) is 7.24. The van der Waals surface area contributed by atoms with Crippen LogP contribution in [0.15, 0.2) is 42.5 Å². The van der Waals surface area contributed by atoms with E-state index in [-0.39, 0.29) is 5.82 Å². The summed E-state index contributed by atoms with van der Waals surface area (Å²) in [5, 5.41) is 0. The summed E-state index contributed by atoms with van der Waals surface area (Å²) in [7, 11) is 0. The number of halogens is 1. The van der Waals surface area contributed by atoms with E-state index in [1.54, 1.807) is 0 Å². The molecule has 0 unspecified atom stereocenters. The molecule has 0 spiro atoms. The smallest absolute Gasteiger partial charge is 0.131 e. The predicted octanol–water partition coefficient (Wildman–Crippen LogP) is 12.0. The standard InChI is InChI=1S/C36H53F/c1-3-5-7-8-10-12-29-15-19-32(20-16-29)34-25-26-35(36(37)27-34)33-23-21-31(22-24-33)30-17-13-28(14-18-30)11-9-6-4-2/h21-30,32H,3-20H2,1-2H3. The Labute approximate surface area is 227 Å². The van der Waals surface area contributed by atoms with Gasteiger partial charge in [0.15, 0.2) is 0 Å². The van der Waals surface area contributed by atoms with Crippen LogP contribution in [-0.4, -0.2) is 0 Å². The van der Waals surface area contributed by atoms with Gasteiger partial charge in [0, 0.05) is 5.56 Å². The molecule has 37 heavy (non-hydrogen) atoms. The van der Waals surface area contributed by atoms with Crippen molar-refractivity contribution in [2.75, 3.05) is 0 Å². The summed E-state index contributed by atoms with van der Waals surface area (Å²) in [5.74, 6) is 3.03. The van der Waals surface area contributed by atoms with E-state index in [1.807, 2.05) is 12.1 Å². The maximum absolute atomic E-state index is 15.3. The van der Waals surface area contributed by atoms with E-state index in [0.717, 1.165) is 23.0 Å². The molecule has 0 atom stereocenters. The van der Waals surface area contributed by atoms with Gasteiger partial charge in [-0.05, 0) is 97.8 Å². The van der Waals surface area contributed by atoms with Crippen molar-refractivity contribution in [3.8, 4) is 11.1 Å². The second-order valence-corrected chi connectivity index (χ2v) is 12.5. The zero-order chi connectivity index (χ0) is 25.9. The van der Waals surface area contributed by atoms with Crippen LogP contribution in [0.5, 0.6) is 0 Å². The highest BCUT2D eigenvalue weighted by molar-refractivity contribution is 5.65. The zero-order valence-corrected chi connectivity index (χ0v) is 24.0. The molecular formula is C36H53F. The van der Waals surface area contributed by atoms with Crippen molar-refractivity contribution in [2.45, 2.75) is 141 Å². The van der Waals surface area contributed by atoms with Crippen LogP contribution in [0.4, 0.5) is 4.39 Å². The summed E-state index contributed by atoms with van der Waals surface area (Å²) in [6.45, 7) is 4.58. The molecule has 4 rings (SSSR count). The Morgan fingerprint density at radius 3 is 1.62 bits per heavy atom. The monoisotopic (exact) mass is 504 g/mol. The van der Waals surface area contributed by atoms with Crippen LogP contribution in [0, 0.1) is 17.7 Å². The van der Waals surface area contributed by atoms with E-state index in [4.69, 9.17) is 0 Å². The Hall–Kier alpha value is -1.63. The minimum atomic E-state index is -0.0455. The highest BCUT2D eigenvalue weighted by Crippen LogP contribution is 2.40. The largest absolute Gasteiger partial charge is 0.206 e. The molecule has 2 fully saturated rings. The molecule has 0 aliphatic heterocycles. The first-order valence-electron chi connectivity index (χ1n) is 16.1. The topological polar surface area (TPSA) is 0 Å². The van der Waals surface area contributed by atoms with E-state index in [0.29, 0.717) is 11.8 Å². The molecule has 2 aromatic rings. The quantitative estimate of drug-likeness (QED) is 0.238. The minimum Gasteiger partial charge on any atom is -0.206 e. The first-order chi connectivity index (χ1) is 18.2. The molecule has 2 saturated carbocycles. The van der Waals surface area contributed by atoms with Crippen LogP contribution in [0.1, 0.15) is 152 Å². The predicted molar refractivity (Wildman–Crippen MR) is 159 cm³/mol. The lowest BCUT2D eigenvalue weighted by Crippen LogP contribution is -2.13. The van der Waals surface area contributed by atoms with Gasteiger partial charge < -0.3 is 0 Å². The van der Waals surface area contributed by atoms with Gasteiger partial charge in [-0.1, -0.05) is 114 Å². The molecule has 0 amide bonds. The summed E-state index contributed by atoms with van der Waals surface area (Å²) in [5.41, 5.74) is 4.45. The van der Waals surface area contributed by atoms with Crippen LogP contribution >= 0.6 is 0 Å². The van der Waals surface area contributed by atoms with Crippen molar-refractivity contribution in [1.29, 1.82) is 0 Å². The Morgan fingerprint density at radius 2 is 1.05 bits per heavy atom. The van der Waals surface area contributed by atoms with Crippen LogP contribution < -0.4 is 0 Å². The summed E-state index contributed by atoms with van der Waals surface area (Å²) in [6.07, 6.45) is 24.4. The normalized spacial score (nSPS) is 24.3. The van der Waals surface area contributed by atoms with Gasteiger partial charge >= 0.3 is 0 Å². The van der Waals surface area contributed by atoms with E-state index in [1.165, 1.54) is 127 Å². The van der Waals surface area contributed by atoms with Crippen LogP contribution in [0.2, 0.25) is 0 Å².